The number of carbonyl (C=O) groups is 3. The number of carbonyl (C=O) groups excluding carboxylic acids is 3. The van der Waals surface area contributed by atoms with Gasteiger partial charge in [-0.3, -0.25) is 10.1 Å². The molecule has 0 saturated heterocycles. The summed E-state index contributed by atoms with van der Waals surface area (Å²) < 4.78 is 9.98. The van der Waals surface area contributed by atoms with Gasteiger partial charge >= 0.3 is 12.0 Å². The predicted octanol–water partition coefficient (Wildman–Crippen LogP) is 1.11. The van der Waals surface area contributed by atoms with Gasteiger partial charge in [0, 0.05) is 12.1 Å². The first-order valence-electron chi connectivity index (χ1n) is 6.02. The smallest absolute Gasteiger partial charge is 0.344 e. The van der Waals surface area contributed by atoms with Crippen molar-refractivity contribution >= 4 is 29.5 Å². The van der Waals surface area contributed by atoms with Crippen molar-refractivity contribution in [1.29, 1.82) is 0 Å². The molecule has 0 bridgehead atoms. The van der Waals surface area contributed by atoms with E-state index < -0.39 is 24.0 Å². The van der Waals surface area contributed by atoms with Crippen molar-refractivity contribution in [3.8, 4) is 5.75 Å². The number of halogens is 1. The van der Waals surface area contributed by atoms with E-state index in [1.165, 1.54) is 20.0 Å². The molecule has 114 valence electrons. The molecule has 1 aromatic rings. The standard InChI is InChI=1S/C13H15ClN2O5/c1-8(12(18)16-13(19)15-2)21-11(17)7-20-10-5-3-4-9(14)6-10/h3-6,8H,7H2,1-2H3,(H2,15,16,18,19)/t8-/m1/s1. The molecule has 1 rings (SSSR count). The van der Waals surface area contributed by atoms with Crippen LogP contribution in [-0.2, 0) is 14.3 Å². The average Bonchev–Trinajstić information content (AvgIpc) is 2.45. The van der Waals surface area contributed by atoms with Crippen molar-refractivity contribution < 1.29 is 23.9 Å². The number of hydrogen-bond donors (Lipinski definition) is 2. The molecule has 0 heterocycles. The van der Waals surface area contributed by atoms with E-state index in [-0.39, 0.29) is 6.61 Å². The minimum Gasteiger partial charge on any atom is -0.482 e. The molecule has 8 heteroatoms. The predicted molar refractivity (Wildman–Crippen MR) is 75.1 cm³/mol. The zero-order valence-corrected chi connectivity index (χ0v) is 12.3. The molecule has 3 amide bonds. The summed E-state index contributed by atoms with van der Waals surface area (Å²) in [7, 11) is 1.36. The fourth-order valence-corrected chi connectivity index (χ4v) is 1.44. The second-order valence-electron chi connectivity index (χ2n) is 3.95. The van der Waals surface area contributed by atoms with Crippen molar-refractivity contribution in [3.63, 3.8) is 0 Å². The van der Waals surface area contributed by atoms with Crippen molar-refractivity contribution in [2.75, 3.05) is 13.7 Å². The molecule has 0 fully saturated rings. The van der Waals surface area contributed by atoms with Gasteiger partial charge in [-0.15, -0.1) is 0 Å². The molecule has 1 aromatic carbocycles. The van der Waals surface area contributed by atoms with Gasteiger partial charge in [-0.05, 0) is 25.1 Å². The Morgan fingerprint density at radius 2 is 2.05 bits per heavy atom. The van der Waals surface area contributed by atoms with Gasteiger partial charge in [0.25, 0.3) is 5.91 Å². The average molecular weight is 315 g/mol. The number of imide groups is 1. The molecule has 1 atom stereocenters. The van der Waals surface area contributed by atoms with Gasteiger partial charge in [0.1, 0.15) is 5.75 Å². The molecule has 0 aliphatic carbocycles. The van der Waals surface area contributed by atoms with Gasteiger partial charge in [0.15, 0.2) is 12.7 Å². The summed E-state index contributed by atoms with van der Waals surface area (Å²) in [5, 5.41) is 4.67. The second kappa shape index (κ2) is 8.11. The quantitative estimate of drug-likeness (QED) is 0.794. The summed E-state index contributed by atoms with van der Waals surface area (Å²) in [6, 6.07) is 5.82. The molecule has 21 heavy (non-hydrogen) atoms. The molecule has 7 nitrogen and oxygen atoms in total. The number of amides is 3. The summed E-state index contributed by atoms with van der Waals surface area (Å²) in [5.74, 6) is -1.07. The number of hydrogen-bond acceptors (Lipinski definition) is 5. The lowest BCUT2D eigenvalue weighted by Crippen LogP contribution is -2.43. The van der Waals surface area contributed by atoms with Crippen LogP contribution in [0.4, 0.5) is 4.79 Å². The number of urea groups is 1. The Morgan fingerprint density at radius 1 is 1.33 bits per heavy atom. The number of esters is 1. The van der Waals surface area contributed by atoms with Crippen molar-refractivity contribution in [3.05, 3.63) is 29.3 Å². The van der Waals surface area contributed by atoms with Crippen molar-refractivity contribution in [2.24, 2.45) is 0 Å². The maximum absolute atomic E-state index is 11.5. The van der Waals surface area contributed by atoms with Crippen LogP contribution in [0.25, 0.3) is 0 Å². The van der Waals surface area contributed by atoms with Crippen LogP contribution in [-0.4, -0.2) is 37.7 Å². The number of rotatable bonds is 5. The molecule has 0 aliphatic rings. The van der Waals surface area contributed by atoms with Crippen LogP contribution < -0.4 is 15.4 Å². The first kappa shape index (κ1) is 16.8. The molecule has 0 spiro atoms. The summed E-state index contributed by atoms with van der Waals surface area (Å²) in [6.07, 6.45) is -1.11. The third kappa shape index (κ3) is 6.13. The van der Waals surface area contributed by atoms with Crippen molar-refractivity contribution in [2.45, 2.75) is 13.0 Å². The van der Waals surface area contributed by atoms with E-state index in [0.29, 0.717) is 10.8 Å². The van der Waals surface area contributed by atoms with Crippen LogP contribution in [0.3, 0.4) is 0 Å². The highest BCUT2D eigenvalue weighted by Gasteiger charge is 2.19. The summed E-state index contributed by atoms with van der Waals surface area (Å²) in [4.78, 5) is 33.9. The Balaban J connectivity index is 2.39. The molecule has 2 N–H and O–H groups in total. The Labute approximate surface area is 126 Å². The van der Waals surface area contributed by atoms with Crippen molar-refractivity contribution in [1.82, 2.24) is 10.6 Å². The highest BCUT2D eigenvalue weighted by molar-refractivity contribution is 6.30. The maximum Gasteiger partial charge on any atom is 0.344 e. The molecule has 0 unspecified atom stereocenters. The lowest BCUT2D eigenvalue weighted by atomic mass is 10.3. The zero-order chi connectivity index (χ0) is 15.8. The van der Waals surface area contributed by atoms with Crippen LogP contribution in [0.15, 0.2) is 24.3 Å². The maximum atomic E-state index is 11.5. The van der Waals surface area contributed by atoms with E-state index in [1.807, 2.05) is 5.32 Å². The minimum absolute atomic E-state index is 0.377. The molecule has 0 radical (unpaired) electrons. The van der Waals surface area contributed by atoms with Crippen LogP contribution in [0.5, 0.6) is 5.75 Å². The third-order valence-electron chi connectivity index (χ3n) is 2.29. The Hall–Kier alpha value is -2.28. The largest absolute Gasteiger partial charge is 0.482 e. The van der Waals surface area contributed by atoms with Gasteiger partial charge in [-0.1, -0.05) is 17.7 Å². The Kier molecular flexibility index (Phi) is 6.48. The van der Waals surface area contributed by atoms with Gasteiger partial charge in [0.05, 0.1) is 0 Å². The van der Waals surface area contributed by atoms with Crippen LogP contribution in [0.1, 0.15) is 6.92 Å². The van der Waals surface area contributed by atoms with E-state index in [2.05, 4.69) is 5.32 Å². The first-order chi connectivity index (χ1) is 9.92. The topological polar surface area (TPSA) is 93.7 Å². The summed E-state index contributed by atoms with van der Waals surface area (Å²) in [6.45, 7) is 0.966. The normalized spacial score (nSPS) is 11.2. The van der Waals surface area contributed by atoms with Crippen LogP contribution in [0, 0.1) is 0 Å². The zero-order valence-electron chi connectivity index (χ0n) is 11.5. The fourth-order valence-electron chi connectivity index (χ4n) is 1.26. The molecular weight excluding hydrogens is 300 g/mol. The number of nitrogens with one attached hydrogen (secondary N) is 2. The molecular formula is C13H15ClN2O5. The molecule has 0 saturated carbocycles. The van der Waals surface area contributed by atoms with Gasteiger partial charge in [-0.2, -0.15) is 0 Å². The number of ether oxygens (including phenoxy) is 2. The molecule has 0 aromatic heterocycles. The lowest BCUT2D eigenvalue weighted by molar-refractivity contribution is -0.156. The molecule has 0 aliphatic heterocycles. The van der Waals surface area contributed by atoms with Gasteiger partial charge in [0.2, 0.25) is 0 Å². The monoisotopic (exact) mass is 314 g/mol. The highest BCUT2D eigenvalue weighted by atomic mass is 35.5. The van der Waals surface area contributed by atoms with E-state index in [9.17, 15) is 14.4 Å². The second-order valence-corrected chi connectivity index (χ2v) is 4.38. The lowest BCUT2D eigenvalue weighted by Gasteiger charge is -2.13. The summed E-state index contributed by atoms with van der Waals surface area (Å²) >= 11 is 5.76. The minimum atomic E-state index is -1.11. The Morgan fingerprint density at radius 3 is 2.67 bits per heavy atom. The van der Waals surface area contributed by atoms with Crippen LogP contribution in [0.2, 0.25) is 5.02 Å². The van der Waals surface area contributed by atoms with Gasteiger partial charge < -0.3 is 14.8 Å². The summed E-state index contributed by atoms with van der Waals surface area (Å²) in [5.41, 5.74) is 0. The first-order valence-corrected chi connectivity index (χ1v) is 6.40. The third-order valence-corrected chi connectivity index (χ3v) is 2.53. The van der Waals surface area contributed by atoms with E-state index in [4.69, 9.17) is 21.1 Å². The van der Waals surface area contributed by atoms with Crippen LogP contribution >= 0.6 is 11.6 Å². The van der Waals surface area contributed by atoms with E-state index >= 15 is 0 Å². The van der Waals surface area contributed by atoms with E-state index in [1.54, 1.807) is 18.2 Å². The number of benzene rings is 1. The Bertz CT molecular complexity index is 535. The SMILES string of the molecule is CNC(=O)NC(=O)[C@@H](C)OC(=O)COc1cccc(Cl)c1. The highest BCUT2D eigenvalue weighted by Crippen LogP contribution is 2.16. The van der Waals surface area contributed by atoms with E-state index in [0.717, 1.165) is 0 Å². The fraction of sp³-hybridized carbons (Fsp3) is 0.308. The van der Waals surface area contributed by atoms with Gasteiger partial charge in [-0.25, -0.2) is 9.59 Å².